The highest BCUT2D eigenvalue weighted by atomic mass is 35.5. The molecule has 0 aliphatic heterocycles. The number of carbonyl (C=O) groups excluding carboxylic acids is 1. The largest absolute Gasteiger partial charge is 0.493 e. The van der Waals surface area contributed by atoms with Gasteiger partial charge in [-0.1, -0.05) is 24.6 Å². The summed E-state index contributed by atoms with van der Waals surface area (Å²) in [5, 5.41) is 4.80. The van der Waals surface area contributed by atoms with Crippen LogP contribution in [0.15, 0.2) is 48.7 Å². The Balaban J connectivity index is 1.76. The first-order valence-electron chi connectivity index (χ1n) is 8.88. The molecular formula is C21H19ClF2N2O2. The Morgan fingerprint density at radius 3 is 2.64 bits per heavy atom. The molecule has 0 bridgehead atoms. The molecule has 0 saturated carbocycles. The Kier molecular flexibility index (Phi) is 6.41. The molecule has 3 rings (SSSR count). The molecule has 0 amide bonds. The van der Waals surface area contributed by atoms with Crippen molar-refractivity contribution in [2.45, 2.75) is 26.3 Å². The number of carbonyl (C=O) groups is 1. The number of aromatic nitrogens is 2. The molecule has 0 fully saturated rings. The molecule has 7 heteroatoms. The molecule has 0 saturated heterocycles. The average molecular weight is 405 g/mol. The van der Waals surface area contributed by atoms with Crippen molar-refractivity contribution in [1.82, 2.24) is 9.78 Å². The van der Waals surface area contributed by atoms with E-state index in [9.17, 15) is 13.6 Å². The lowest BCUT2D eigenvalue weighted by Crippen LogP contribution is -2.10. The molecule has 0 unspecified atom stereocenters. The number of nitrogens with zero attached hydrogens (tertiary/aromatic N) is 2. The van der Waals surface area contributed by atoms with Crippen LogP contribution in [0.1, 0.15) is 35.0 Å². The van der Waals surface area contributed by atoms with Gasteiger partial charge in [0.05, 0.1) is 13.2 Å². The summed E-state index contributed by atoms with van der Waals surface area (Å²) in [6.45, 7) is 2.94. The van der Waals surface area contributed by atoms with E-state index < -0.39 is 23.8 Å². The van der Waals surface area contributed by atoms with E-state index in [2.05, 4.69) is 5.10 Å². The molecule has 0 atom stereocenters. The highest BCUT2D eigenvalue weighted by molar-refractivity contribution is 6.30. The van der Waals surface area contributed by atoms with Gasteiger partial charge in [-0.2, -0.15) is 5.10 Å². The number of Topliss-reactive ketones (excluding diaryl/α,β-unsaturated/α-hetero) is 1. The average Bonchev–Trinajstić information content (AvgIpc) is 3.13. The second kappa shape index (κ2) is 8.97. The third-order valence-electron chi connectivity index (χ3n) is 4.14. The van der Waals surface area contributed by atoms with Gasteiger partial charge >= 0.3 is 0 Å². The SMILES string of the molecule is CCCOc1ccc(Cl)cc1Cn1ccc(C(=O)Cc2c(F)cccc2F)n1. The van der Waals surface area contributed by atoms with Gasteiger partial charge < -0.3 is 4.74 Å². The van der Waals surface area contributed by atoms with Crippen LogP contribution in [0, 0.1) is 11.6 Å². The molecule has 1 aromatic heterocycles. The van der Waals surface area contributed by atoms with Crippen LogP contribution in [0.2, 0.25) is 5.02 Å². The monoisotopic (exact) mass is 404 g/mol. The lowest BCUT2D eigenvalue weighted by molar-refractivity contribution is 0.0985. The van der Waals surface area contributed by atoms with E-state index in [4.69, 9.17) is 16.3 Å². The van der Waals surface area contributed by atoms with Crippen molar-refractivity contribution in [1.29, 1.82) is 0 Å². The maximum absolute atomic E-state index is 13.8. The molecule has 28 heavy (non-hydrogen) atoms. The van der Waals surface area contributed by atoms with Crippen molar-refractivity contribution in [3.63, 3.8) is 0 Å². The number of halogens is 3. The number of hydrogen-bond acceptors (Lipinski definition) is 3. The van der Waals surface area contributed by atoms with Gasteiger partial charge in [-0.3, -0.25) is 9.48 Å². The van der Waals surface area contributed by atoms with Gasteiger partial charge in [0.2, 0.25) is 0 Å². The Hall–Kier alpha value is -2.73. The molecule has 0 aliphatic rings. The van der Waals surface area contributed by atoms with Crippen molar-refractivity contribution in [2.75, 3.05) is 6.61 Å². The van der Waals surface area contributed by atoms with Crippen LogP contribution in [0.25, 0.3) is 0 Å². The number of ketones is 1. The maximum Gasteiger partial charge on any atom is 0.187 e. The smallest absolute Gasteiger partial charge is 0.187 e. The number of benzene rings is 2. The molecular weight excluding hydrogens is 386 g/mol. The van der Waals surface area contributed by atoms with Crippen LogP contribution in [-0.2, 0) is 13.0 Å². The summed E-state index contributed by atoms with van der Waals surface area (Å²) >= 11 is 6.08. The second-order valence-electron chi connectivity index (χ2n) is 6.30. The summed E-state index contributed by atoms with van der Waals surface area (Å²) in [5.41, 5.74) is 0.705. The molecule has 1 heterocycles. The Morgan fingerprint density at radius 2 is 1.93 bits per heavy atom. The second-order valence-corrected chi connectivity index (χ2v) is 6.74. The minimum atomic E-state index is -0.746. The molecule has 0 spiro atoms. The van der Waals surface area contributed by atoms with Gasteiger partial charge in [0.25, 0.3) is 0 Å². The van der Waals surface area contributed by atoms with Crippen molar-refractivity contribution < 1.29 is 18.3 Å². The predicted octanol–water partition coefficient (Wildman–Crippen LogP) is 5.08. The zero-order valence-electron chi connectivity index (χ0n) is 15.3. The standard InChI is InChI=1S/C21H19ClF2N2O2/c1-2-10-28-21-7-6-15(22)11-14(21)13-26-9-8-19(25-26)20(27)12-16-17(23)4-3-5-18(16)24/h3-9,11H,2,10,12-13H2,1H3. The van der Waals surface area contributed by atoms with E-state index in [0.29, 0.717) is 23.9 Å². The number of hydrogen-bond donors (Lipinski definition) is 0. The fourth-order valence-electron chi connectivity index (χ4n) is 2.75. The molecule has 0 aliphatic carbocycles. The molecule has 146 valence electrons. The van der Waals surface area contributed by atoms with Gasteiger partial charge in [0, 0.05) is 28.8 Å². The summed E-state index contributed by atoms with van der Waals surface area (Å²) < 4.78 is 34.8. The summed E-state index contributed by atoms with van der Waals surface area (Å²) in [5.74, 6) is -1.26. The van der Waals surface area contributed by atoms with Crippen molar-refractivity contribution >= 4 is 17.4 Å². The van der Waals surface area contributed by atoms with Crippen LogP contribution < -0.4 is 4.74 Å². The Labute approximate surface area is 166 Å². The molecule has 0 N–H and O–H groups in total. The predicted molar refractivity (Wildman–Crippen MR) is 103 cm³/mol. The fourth-order valence-corrected chi connectivity index (χ4v) is 2.94. The molecule has 2 aromatic carbocycles. The van der Waals surface area contributed by atoms with Gasteiger partial charge in [-0.25, -0.2) is 8.78 Å². The highest BCUT2D eigenvalue weighted by Gasteiger charge is 2.17. The Bertz CT molecular complexity index is 968. The zero-order chi connectivity index (χ0) is 20.1. The maximum atomic E-state index is 13.8. The van der Waals surface area contributed by atoms with Gasteiger partial charge in [0.15, 0.2) is 5.78 Å². The summed E-state index contributed by atoms with van der Waals surface area (Å²) in [4.78, 5) is 12.4. The molecule has 3 aromatic rings. The summed E-state index contributed by atoms with van der Waals surface area (Å²) in [6.07, 6.45) is 2.11. The minimum absolute atomic E-state index is 0.140. The number of ether oxygens (including phenoxy) is 1. The quantitative estimate of drug-likeness (QED) is 0.492. The van der Waals surface area contributed by atoms with Crippen LogP contribution in [0.3, 0.4) is 0 Å². The van der Waals surface area contributed by atoms with Crippen LogP contribution in [0.5, 0.6) is 5.75 Å². The van der Waals surface area contributed by atoms with E-state index in [1.807, 2.05) is 6.92 Å². The third-order valence-corrected chi connectivity index (χ3v) is 4.38. The van der Waals surface area contributed by atoms with Crippen molar-refractivity contribution in [2.24, 2.45) is 0 Å². The third kappa shape index (κ3) is 4.75. The topological polar surface area (TPSA) is 44.1 Å². The van der Waals surface area contributed by atoms with Crippen LogP contribution >= 0.6 is 11.6 Å². The van der Waals surface area contributed by atoms with Crippen molar-refractivity contribution in [3.8, 4) is 5.75 Å². The first-order valence-corrected chi connectivity index (χ1v) is 9.26. The normalized spacial score (nSPS) is 10.9. The van der Waals surface area contributed by atoms with E-state index in [0.717, 1.165) is 24.1 Å². The lowest BCUT2D eigenvalue weighted by atomic mass is 10.1. The zero-order valence-corrected chi connectivity index (χ0v) is 16.0. The lowest BCUT2D eigenvalue weighted by Gasteiger charge is -2.11. The number of rotatable bonds is 8. The molecule has 0 radical (unpaired) electrons. The minimum Gasteiger partial charge on any atom is -0.493 e. The first kappa shape index (κ1) is 20.0. The van der Waals surface area contributed by atoms with E-state index in [1.165, 1.54) is 12.1 Å². The highest BCUT2D eigenvalue weighted by Crippen LogP contribution is 2.24. The van der Waals surface area contributed by atoms with Crippen molar-refractivity contribution in [3.05, 3.63) is 82.1 Å². The van der Waals surface area contributed by atoms with E-state index in [1.54, 1.807) is 29.1 Å². The first-order chi connectivity index (χ1) is 13.5. The van der Waals surface area contributed by atoms with Crippen LogP contribution in [0.4, 0.5) is 8.78 Å². The Morgan fingerprint density at radius 1 is 1.18 bits per heavy atom. The fraction of sp³-hybridized carbons (Fsp3) is 0.238. The van der Waals surface area contributed by atoms with Gasteiger partial charge in [0.1, 0.15) is 23.1 Å². The van der Waals surface area contributed by atoms with Crippen LogP contribution in [-0.4, -0.2) is 22.2 Å². The van der Waals surface area contributed by atoms with Gasteiger partial charge in [-0.05, 0) is 42.8 Å². The van der Waals surface area contributed by atoms with E-state index >= 15 is 0 Å². The van der Waals surface area contributed by atoms with Gasteiger partial charge in [-0.15, -0.1) is 0 Å². The summed E-state index contributed by atoms with van der Waals surface area (Å²) in [6, 6.07) is 10.4. The van der Waals surface area contributed by atoms with E-state index in [-0.39, 0.29) is 11.3 Å². The summed E-state index contributed by atoms with van der Waals surface area (Å²) in [7, 11) is 0. The molecule has 4 nitrogen and oxygen atoms in total.